The molecule has 0 saturated carbocycles. The van der Waals surface area contributed by atoms with Crippen LogP contribution in [0.1, 0.15) is 12.6 Å². The summed E-state index contributed by atoms with van der Waals surface area (Å²) in [7, 11) is 0. The van der Waals surface area contributed by atoms with Crippen LogP contribution in [0.5, 0.6) is 0 Å². The molecule has 4 aromatic carbocycles. The molecule has 0 N–H and O–H groups in total. The molecule has 0 amide bonds. The van der Waals surface area contributed by atoms with Crippen molar-refractivity contribution in [3.63, 3.8) is 0 Å². The Morgan fingerprint density at radius 2 is 1.32 bits per heavy atom. The van der Waals surface area contributed by atoms with Crippen molar-refractivity contribution in [2.75, 3.05) is 0 Å². The monoisotopic (exact) mass is 474 g/mol. The van der Waals surface area contributed by atoms with Crippen molar-refractivity contribution in [2.24, 2.45) is 0 Å². The average molecular weight is 475 g/mol. The Balaban J connectivity index is 1.58. The van der Waals surface area contributed by atoms with Gasteiger partial charge in [-0.15, -0.1) is 5.73 Å². The van der Waals surface area contributed by atoms with Gasteiger partial charge in [-0.05, 0) is 58.7 Å². The van der Waals surface area contributed by atoms with Crippen molar-refractivity contribution in [2.45, 2.75) is 13.3 Å². The molecular weight excluding hydrogens is 448 g/mol. The second-order valence-corrected chi connectivity index (χ2v) is 9.04. The highest BCUT2D eigenvalue weighted by atomic mass is 14.8. The third-order valence-corrected chi connectivity index (χ3v) is 6.75. The van der Waals surface area contributed by atoms with Gasteiger partial charge in [-0.2, -0.15) is 0 Å². The minimum atomic E-state index is 0.683. The molecule has 6 rings (SSSR count). The van der Waals surface area contributed by atoms with Gasteiger partial charge in [0.1, 0.15) is 0 Å². The number of aromatic nitrogens is 2. The lowest BCUT2D eigenvalue weighted by Crippen LogP contribution is -2.21. The fraction of sp³-hybridized carbons (Fsp3) is 0.0571. The van der Waals surface area contributed by atoms with Gasteiger partial charge >= 0.3 is 0 Å². The zero-order valence-electron chi connectivity index (χ0n) is 20.7. The Bertz CT molecular complexity index is 1880. The molecule has 6 aromatic rings. The van der Waals surface area contributed by atoms with E-state index in [1.165, 1.54) is 27.5 Å². The first kappa shape index (κ1) is 22.7. The lowest BCUT2D eigenvalue weighted by atomic mass is 9.95. The smallest absolute Gasteiger partial charge is 0.0974 e. The molecule has 0 saturated heterocycles. The van der Waals surface area contributed by atoms with Crippen LogP contribution in [-0.2, 0) is 6.42 Å². The normalized spacial score (nSPS) is 11.5. The molecule has 2 heterocycles. The van der Waals surface area contributed by atoms with E-state index in [-0.39, 0.29) is 0 Å². The molecule has 0 bridgehead atoms. The van der Waals surface area contributed by atoms with Crippen LogP contribution in [0.3, 0.4) is 0 Å². The number of allylic oxidation sites excluding steroid dienone is 1. The summed E-state index contributed by atoms with van der Waals surface area (Å²) in [5, 5.41) is 4.49. The molecule has 0 unspecified atom stereocenters. The predicted molar refractivity (Wildman–Crippen MR) is 155 cm³/mol. The van der Waals surface area contributed by atoms with E-state index in [0.717, 1.165) is 32.7 Å². The summed E-state index contributed by atoms with van der Waals surface area (Å²) in [5.41, 5.74) is 11.0. The van der Waals surface area contributed by atoms with Crippen LogP contribution < -0.4 is 10.4 Å². The van der Waals surface area contributed by atoms with Crippen molar-refractivity contribution in [1.82, 2.24) is 9.97 Å². The van der Waals surface area contributed by atoms with Crippen molar-refractivity contribution in [3.8, 4) is 22.3 Å². The topological polar surface area (TPSA) is 25.8 Å². The zero-order chi connectivity index (χ0) is 25.0. The third-order valence-electron chi connectivity index (χ3n) is 6.75. The van der Waals surface area contributed by atoms with Crippen molar-refractivity contribution in [1.29, 1.82) is 0 Å². The van der Waals surface area contributed by atoms with Crippen LogP contribution >= 0.6 is 0 Å². The molecule has 0 atom stereocenters. The lowest BCUT2D eigenvalue weighted by Gasteiger charge is -2.13. The molecule has 0 spiro atoms. The lowest BCUT2D eigenvalue weighted by molar-refractivity contribution is 1.15. The standard InChI is InChI=1S/C35H26N2/c1-2-25-12-9-10-13-26(25)18-11-19-29-24-33(28-16-7-4-8-17-28)32-21-20-31-30(27-14-5-3-6-15-27)22-23-36-34(31)35(32)37-29/h2-17,20-24H,19H2,1H3/b25-2-. The maximum atomic E-state index is 5.16. The minimum absolute atomic E-state index is 0.683. The first-order valence-electron chi connectivity index (χ1n) is 12.6. The van der Waals surface area contributed by atoms with Crippen molar-refractivity contribution in [3.05, 3.63) is 138 Å². The van der Waals surface area contributed by atoms with E-state index in [0.29, 0.717) is 6.42 Å². The highest BCUT2D eigenvalue weighted by Crippen LogP contribution is 2.35. The number of rotatable bonds is 4. The van der Waals surface area contributed by atoms with Crippen LogP contribution in [0, 0.1) is 0 Å². The maximum absolute atomic E-state index is 5.16. The summed E-state index contributed by atoms with van der Waals surface area (Å²) < 4.78 is 0. The van der Waals surface area contributed by atoms with E-state index in [9.17, 15) is 0 Å². The van der Waals surface area contributed by atoms with Crippen LogP contribution in [-0.4, -0.2) is 9.97 Å². The Hall–Kier alpha value is -4.78. The van der Waals surface area contributed by atoms with Gasteiger partial charge in [0.25, 0.3) is 0 Å². The van der Waals surface area contributed by atoms with E-state index in [1.807, 2.05) is 18.3 Å². The molecule has 2 heteroatoms. The Kier molecular flexibility index (Phi) is 6.17. The zero-order valence-corrected chi connectivity index (χ0v) is 20.7. The second-order valence-electron chi connectivity index (χ2n) is 9.04. The molecule has 2 nitrogen and oxygen atoms in total. The summed E-state index contributed by atoms with van der Waals surface area (Å²) in [4.78, 5) is 9.99. The molecule has 176 valence electrons. The van der Waals surface area contributed by atoms with Crippen molar-refractivity contribution >= 4 is 33.6 Å². The van der Waals surface area contributed by atoms with Gasteiger partial charge in [-0.1, -0.05) is 97.1 Å². The quantitative estimate of drug-likeness (QED) is 0.255. The Morgan fingerprint density at radius 1 is 0.676 bits per heavy atom. The molecule has 0 aliphatic heterocycles. The Morgan fingerprint density at radius 3 is 2.05 bits per heavy atom. The number of nitrogens with zero attached hydrogens (tertiary/aromatic N) is 2. The SMILES string of the molecule is C/C=c1/ccccc1=C=CCc1cc(-c2ccccc2)c2ccc3c(-c4ccccc4)ccnc3c2n1. The molecule has 0 aliphatic rings. The van der Waals surface area contributed by atoms with Gasteiger partial charge in [-0.3, -0.25) is 9.97 Å². The Labute approximate surface area is 216 Å². The maximum Gasteiger partial charge on any atom is 0.0974 e. The van der Waals surface area contributed by atoms with E-state index in [1.54, 1.807) is 0 Å². The molecular formula is C35H26N2. The fourth-order valence-electron chi connectivity index (χ4n) is 4.93. The first-order chi connectivity index (χ1) is 18.3. The molecule has 0 fully saturated rings. The van der Waals surface area contributed by atoms with E-state index >= 15 is 0 Å². The van der Waals surface area contributed by atoms with E-state index in [4.69, 9.17) is 9.97 Å². The van der Waals surface area contributed by atoms with E-state index in [2.05, 4.69) is 122 Å². The number of hydrogen-bond acceptors (Lipinski definition) is 2. The summed E-state index contributed by atoms with van der Waals surface area (Å²) in [6, 6.07) is 38.0. The third kappa shape index (κ3) is 4.47. The average Bonchev–Trinajstić information content (AvgIpc) is 2.97. The van der Waals surface area contributed by atoms with Crippen molar-refractivity contribution < 1.29 is 0 Å². The first-order valence-corrected chi connectivity index (χ1v) is 12.6. The molecule has 0 radical (unpaired) electrons. The van der Waals surface area contributed by atoms with Crippen LogP contribution in [0.2, 0.25) is 0 Å². The summed E-state index contributed by atoms with van der Waals surface area (Å²) in [6.07, 6.45) is 6.77. The number of pyridine rings is 2. The van der Waals surface area contributed by atoms with Gasteiger partial charge in [0, 0.05) is 34.3 Å². The van der Waals surface area contributed by atoms with Gasteiger partial charge in [0.05, 0.1) is 11.0 Å². The largest absolute Gasteiger partial charge is 0.254 e. The number of hydrogen-bond donors (Lipinski definition) is 0. The molecule has 2 aromatic heterocycles. The summed E-state index contributed by atoms with van der Waals surface area (Å²) in [6.45, 7) is 2.05. The number of benzene rings is 4. The summed E-state index contributed by atoms with van der Waals surface area (Å²) >= 11 is 0. The van der Waals surface area contributed by atoms with Gasteiger partial charge < -0.3 is 0 Å². The van der Waals surface area contributed by atoms with Crippen LogP contribution in [0.15, 0.2) is 121 Å². The molecule has 37 heavy (non-hydrogen) atoms. The van der Waals surface area contributed by atoms with Gasteiger partial charge in [0.2, 0.25) is 0 Å². The predicted octanol–water partition coefficient (Wildman–Crippen LogP) is 7.10. The van der Waals surface area contributed by atoms with Gasteiger partial charge in [0.15, 0.2) is 0 Å². The summed E-state index contributed by atoms with van der Waals surface area (Å²) in [5.74, 6) is 0. The molecule has 0 aliphatic carbocycles. The van der Waals surface area contributed by atoms with Gasteiger partial charge in [-0.25, -0.2) is 0 Å². The minimum Gasteiger partial charge on any atom is -0.254 e. The second kappa shape index (κ2) is 10.1. The van der Waals surface area contributed by atoms with E-state index < -0.39 is 0 Å². The highest BCUT2D eigenvalue weighted by Gasteiger charge is 2.13. The highest BCUT2D eigenvalue weighted by molar-refractivity contribution is 6.11. The van der Waals surface area contributed by atoms with Crippen LogP contribution in [0.4, 0.5) is 0 Å². The fourth-order valence-corrected chi connectivity index (χ4v) is 4.93. The number of fused-ring (bicyclic) bond motifs is 3. The van der Waals surface area contributed by atoms with Crippen LogP contribution in [0.25, 0.3) is 55.9 Å².